The van der Waals surface area contributed by atoms with Crippen LogP contribution in [-0.2, 0) is 11.2 Å². The normalized spacial score (nSPS) is 24.0. The number of hydrogen-bond acceptors (Lipinski definition) is 3. The van der Waals surface area contributed by atoms with E-state index in [4.69, 9.17) is 4.74 Å². The Hall–Kier alpha value is 0.1000. The third-order valence-corrected chi connectivity index (χ3v) is 4.68. The largest absolute Gasteiger partial charge is 0.390 e. The van der Waals surface area contributed by atoms with Crippen LogP contribution in [0, 0.1) is 0 Å². The minimum absolute atomic E-state index is 0.0350. The molecule has 0 saturated carbocycles. The predicted molar refractivity (Wildman–Crippen MR) is 65.3 cm³/mol. The minimum Gasteiger partial charge on any atom is -0.390 e. The Balaban J connectivity index is 1.91. The zero-order chi connectivity index (χ0) is 10.7. The van der Waals surface area contributed by atoms with Gasteiger partial charge < -0.3 is 9.84 Å². The molecule has 15 heavy (non-hydrogen) atoms. The summed E-state index contributed by atoms with van der Waals surface area (Å²) in [5, 5.41) is 12.1. The lowest BCUT2D eigenvalue weighted by molar-refractivity contribution is -0.0609. The molecule has 2 rings (SSSR count). The molecular formula is C11H15BrO2S. The van der Waals surface area contributed by atoms with Crippen LogP contribution in [0.15, 0.2) is 15.9 Å². The van der Waals surface area contributed by atoms with Gasteiger partial charge in [0.05, 0.1) is 12.2 Å². The number of ether oxygens (including phenoxy) is 1. The third kappa shape index (κ3) is 3.03. The first-order valence-electron chi connectivity index (χ1n) is 5.29. The molecule has 0 aromatic carbocycles. The van der Waals surface area contributed by atoms with E-state index in [1.165, 1.54) is 11.3 Å². The zero-order valence-corrected chi connectivity index (χ0v) is 10.9. The van der Waals surface area contributed by atoms with Crippen LogP contribution < -0.4 is 0 Å². The fraction of sp³-hybridized carbons (Fsp3) is 0.636. The van der Waals surface area contributed by atoms with Crippen molar-refractivity contribution in [3.05, 3.63) is 20.8 Å². The molecule has 1 aromatic rings. The van der Waals surface area contributed by atoms with E-state index in [0.29, 0.717) is 6.42 Å². The van der Waals surface area contributed by atoms with E-state index in [1.807, 2.05) is 11.4 Å². The van der Waals surface area contributed by atoms with Crippen molar-refractivity contribution in [3.63, 3.8) is 0 Å². The van der Waals surface area contributed by atoms with Gasteiger partial charge in [-0.1, -0.05) is 0 Å². The van der Waals surface area contributed by atoms with E-state index in [-0.39, 0.29) is 12.2 Å². The second-order valence-electron chi connectivity index (χ2n) is 3.87. The first-order valence-corrected chi connectivity index (χ1v) is 6.96. The van der Waals surface area contributed by atoms with E-state index in [0.717, 1.165) is 23.9 Å². The maximum absolute atomic E-state index is 10.0. The van der Waals surface area contributed by atoms with Crippen molar-refractivity contribution in [2.24, 2.45) is 0 Å². The standard InChI is InChI=1S/C11H15BrO2S/c12-8-4-6-15-11(8)7-9(13)10-3-1-2-5-14-10/h4,6,9-10,13H,1-3,5,7H2. The SMILES string of the molecule is OC(Cc1sccc1Br)C1CCCCO1. The lowest BCUT2D eigenvalue weighted by atomic mass is 10.0. The highest BCUT2D eigenvalue weighted by molar-refractivity contribution is 9.10. The Morgan fingerprint density at radius 2 is 2.47 bits per heavy atom. The summed E-state index contributed by atoms with van der Waals surface area (Å²) >= 11 is 5.16. The van der Waals surface area contributed by atoms with Gasteiger partial charge in [0.1, 0.15) is 0 Å². The van der Waals surface area contributed by atoms with Crippen LogP contribution in [0.25, 0.3) is 0 Å². The lowest BCUT2D eigenvalue weighted by Crippen LogP contribution is -2.33. The van der Waals surface area contributed by atoms with Crippen molar-refractivity contribution in [2.45, 2.75) is 37.9 Å². The summed E-state index contributed by atoms with van der Waals surface area (Å²) < 4.78 is 6.67. The summed E-state index contributed by atoms with van der Waals surface area (Å²) in [4.78, 5) is 1.21. The molecule has 1 fully saturated rings. The highest BCUT2D eigenvalue weighted by atomic mass is 79.9. The zero-order valence-electron chi connectivity index (χ0n) is 8.49. The van der Waals surface area contributed by atoms with Gasteiger partial charge in [0, 0.05) is 22.4 Å². The molecule has 4 heteroatoms. The van der Waals surface area contributed by atoms with Crippen molar-refractivity contribution in [1.82, 2.24) is 0 Å². The summed E-state index contributed by atoms with van der Waals surface area (Å²) in [5.41, 5.74) is 0. The number of hydrogen-bond donors (Lipinski definition) is 1. The van der Waals surface area contributed by atoms with Gasteiger partial charge in [0.25, 0.3) is 0 Å². The number of thiophene rings is 1. The topological polar surface area (TPSA) is 29.5 Å². The molecule has 1 N–H and O–H groups in total. The molecule has 1 aliphatic heterocycles. The van der Waals surface area contributed by atoms with Crippen molar-refractivity contribution in [2.75, 3.05) is 6.61 Å². The average Bonchev–Trinajstić information content (AvgIpc) is 2.66. The van der Waals surface area contributed by atoms with Crippen LogP contribution in [0.4, 0.5) is 0 Å². The molecule has 2 atom stereocenters. The molecule has 2 nitrogen and oxygen atoms in total. The van der Waals surface area contributed by atoms with Crippen LogP contribution in [0.2, 0.25) is 0 Å². The summed E-state index contributed by atoms with van der Waals surface area (Å²) in [6, 6.07) is 2.02. The van der Waals surface area contributed by atoms with Crippen molar-refractivity contribution in [3.8, 4) is 0 Å². The van der Waals surface area contributed by atoms with Crippen molar-refractivity contribution >= 4 is 27.3 Å². The molecular weight excluding hydrogens is 276 g/mol. The van der Waals surface area contributed by atoms with E-state index < -0.39 is 0 Å². The molecule has 1 aliphatic rings. The fourth-order valence-corrected chi connectivity index (χ4v) is 3.43. The molecule has 2 heterocycles. The predicted octanol–water partition coefficient (Wildman–Crippen LogP) is 2.98. The molecule has 1 aromatic heterocycles. The highest BCUT2D eigenvalue weighted by Crippen LogP contribution is 2.26. The molecule has 0 bridgehead atoms. The Labute approximate surface area is 102 Å². The first kappa shape index (κ1) is 11.6. The summed E-state index contributed by atoms with van der Waals surface area (Å²) in [6.07, 6.45) is 3.67. The molecule has 0 spiro atoms. The Morgan fingerprint density at radius 3 is 3.07 bits per heavy atom. The van der Waals surface area contributed by atoms with E-state index >= 15 is 0 Å². The molecule has 0 aliphatic carbocycles. The fourth-order valence-electron chi connectivity index (χ4n) is 1.86. The summed E-state index contributed by atoms with van der Waals surface area (Å²) in [7, 11) is 0. The maximum Gasteiger partial charge on any atom is 0.0850 e. The Bertz CT molecular complexity index is 307. The number of aliphatic hydroxyl groups excluding tert-OH is 1. The van der Waals surface area contributed by atoms with Crippen molar-refractivity contribution in [1.29, 1.82) is 0 Å². The molecule has 0 radical (unpaired) electrons. The number of halogens is 1. The number of rotatable bonds is 3. The average molecular weight is 291 g/mol. The molecule has 0 amide bonds. The van der Waals surface area contributed by atoms with E-state index in [2.05, 4.69) is 15.9 Å². The maximum atomic E-state index is 10.0. The second kappa shape index (κ2) is 5.43. The van der Waals surface area contributed by atoms with Gasteiger partial charge in [0.2, 0.25) is 0 Å². The Morgan fingerprint density at radius 1 is 1.60 bits per heavy atom. The molecule has 84 valence electrons. The quantitative estimate of drug-likeness (QED) is 0.927. The van der Waals surface area contributed by atoms with Crippen LogP contribution in [-0.4, -0.2) is 23.9 Å². The van der Waals surface area contributed by atoms with Crippen molar-refractivity contribution < 1.29 is 9.84 Å². The van der Waals surface area contributed by atoms with Gasteiger partial charge in [-0.2, -0.15) is 0 Å². The van der Waals surface area contributed by atoms with E-state index in [9.17, 15) is 5.11 Å². The first-order chi connectivity index (χ1) is 7.27. The van der Waals surface area contributed by atoms with Gasteiger partial charge in [-0.05, 0) is 46.6 Å². The number of aliphatic hydroxyl groups is 1. The van der Waals surface area contributed by atoms with Crippen LogP contribution >= 0.6 is 27.3 Å². The lowest BCUT2D eigenvalue weighted by Gasteiger charge is -2.26. The molecule has 2 unspecified atom stereocenters. The minimum atomic E-state index is -0.361. The summed E-state index contributed by atoms with van der Waals surface area (Å²) in [6.45, 7) is 0.799. The van der Waals surface area contributed by atoms with Gasteiger partial charge in [0.15, 0.2) is 0 Å². The van der Waals surface area contributed by atoms with Gasteiger partial charge >= 0.3 is 0 Å². The summed E-state index contributed by atoms with van der Waals surface area (Å²) in [5.74, 6) is 0. The smallest absolute Gasteiger partial charge is 0.0850 e. The van der Waals surface area contributed by atoms with Gasteiger partial charge in [-0.15, -0.1) is 11.3 Å². The van der Waals surface area contributed by atoms with Crippen LogP contribution in [0.5, 0.6) is 0 Å². The Kier molecular flexibility index (Phi) is 4.20. The monoisotopic (exact) mass is 290 g/mol. The highest BCUT2D eigenvalue weighted by Gasteiger charge is 2.23. The van der Waals surface area contributed by atoms with E-state index in [1.54, 1.807) is 11.3 Å². The second-order valence-corrected chi connectivity index (χ2v) is 5.72. The van der Waals surface area contributed by atoms with Crippen LogP contribution in [0.3, 0.4) is 0 Å². The van der Waals surface area contributed by atoms with Gasteiger partial charge in [-0.3, -0.25) is 0 Å². The van der Waals surface area contributed by atoms with Crippen LogP contribution in [0.1, 0.15) is 24.1 Å². The molecule has 1 saturated heterocycles. The van der Waals surface area contributed by atoms with Gasteiger partial charge in [-0.25, -0.2) is 0 Å². The third-order valence-electron chi connectivity index (χ3n) is 2.73.